The highest BCUT2D eigenvalue weighted by Crippen LogP contribution is 2.26. The molecule has 0 unspecified atom stereocenters. The molecule has 0 saturated heterocycles. The molecular formula is C13H8BrClO2. The Morgan fingerprint density at radius 3 is 2.24 bits per heavy atom. The van der Waals surface area contributed by atoms with Gasteiger partial charge in [0.25, 0.3) is 0 Å². The van der Waals surface area contributed by atoms with Crippen LogP contribution in [-0.2, 0) is 0 Å². The monoisotopic (exact) mass is 310 g/mol. The first kappa shape index (κ1) is 12.1. The molecular weight excluding hydrogens is 303 g/mol. The Bertz CT molecular complexity index is 564. The van der Waals surface area contributed by atoms with Gasteiger partial charge in [0.05, 0.1) is 5.56 Å². The number of aromatic carboxylic acids is 1. The van der Waals surface area contributed by atoms with Gasteiger partial charge in [-0.25, -0.2) is 4.79 Å². The zero-order valence-corrected chi connectivity index (χ0v) is 11.0. The topological polar surface area (TPSA) is 37.3 Å². The van der Waals surface area contributed by atoms with E-state index in [0.717, 1.165) is 11.1 Å². The largest absolute Gasteiger partial charge is 0.478 e. The van der Waals surface area contributed by atoms with E-state index < -0.39 is 5.97 Å². The van der Waals surface area contributed by atoms with Crippen molar-refractivity contribution in [1.82, 2.24) is 0 Å². The summed E-state index contributed by atoms with van der Waals surface area (Å²) < 4.78 is 0.572. The lowest BCUT2D eigenvalue weighted by Crippen LogP contribution is -1.97. The van der Waals surface area contributed by atoms with Crippen LogP contribution in [0.25, 0.3) is 11.1 Å². The van der Waals surface area contributed by atoms with Gasteiger partial charge < -0.3 is 5.11 Å². The van der Waals surface area contributed by atoms with Crippen molar-refractivity contribution in [3.8, 4) is 11.1 Å². The lowest BCUT2D eigenvalue weighted by molar-refractivity contribution is 0.0696. The number of benzene rings is 2. The number of halogens is 2. The fraction of sp³-hybridized carbons (Fsp3) is 0. The molecule has 0 bridgehead atoms. The van der Waals surface area contributed by atoms with Crippen LogP contribution in [-0.4, -0.2) is 11.1 Å². The lowest BCUT2D eigenvalue weighted by Gasteiger charge is -2.05. The van der Waals surface area contributed by atoms with Gasteiger partial charge in [-0.1, -0.05) is 29.8 Å². The molecule has 0 saturated carbocycles. The lowest BCUT2D eigenvalue weighted by atomic mass is 10.0. The minimum absolute atomic E-state index is 0.248. The van der Waals surface area contributed by atoms with Crippen molar-refractivity contribution < 1.29 is 9.90 Å². The summed E-state index contributed by atoms with van der Waals surface area (Å²) in [5.41, 5.74) is 2.03. The summed E-state index contributed by atoms with van der Waals surface area (Å²) in [5.74, 6) is -0.951. The van der Waals surface area contributed by atoms with E-state index in [9.17, 15) is 4.79 Å². The predicted molar refractivity (Wildman–Crippen MR) is 71.5 cm³/mol. The first-order chi connectivity index (χ1) is 8.08. The normalized spacial score (nSPS) is 10.2. The average molecular weight is 312 g/mol. The highest BCUT2D eigenvalue weighted by atomic mass is 79.9. The van der Waals surface area contributed by atoms with Crippen LogP contribution in [0.4, 0.5) is 0 Å². The van der Waals surface area contributed by atoms with Crippen LogP contribution in [0.3, 0.4) is 0 Å². The Kier molecular flexibility index (Phi) is 3.50. The number of carbonyl (C=O) groups is 1. The molecule has 0 amide bonds. The Morgan fingerprint density at radius 1 is 1.06 bits per heavy atom. The average Bonchev–Trinajstić information content (AvgIpc) is 2.30. The number of carboxylic acids is 1. The van der Waals surface area contributed by atoms with E-state index in [0.29, 0.717) is 9.50 Å². The molecule has 1 N–H and O–H groups in total. The predicted octanol–water partition coefficient (Wildman–Crippen LogP) is 4.47. The minimum atomic E-state index is -0.951. The van der Waals surface area contributed by atoms with Crippen molar-refractivity contribution in [2.45, 2.75) is 0 Å². The smallest absolute Gasteiger partial charge is 0.336 e. The van der Waals surface area contributed by atoms with Crippen molar-refractivity contribution >= 4 is 33.5 Å². The molecule has 86 valence electrons. The van der Waals surface area contributed by atoms with Crippen molar-refractivity contribution in [1.29, 1.82) is 0 Å². The Hall–Kier alpha value is -1.32. The van der Waals surface area contributed by atoms with E-state index in [1.807, 2.05) is 18.2 Å². The fourth-order valence-electron chi connectivity index (χ4n) is 1.51. The van der Waals surface area contributed by atoms with Gasteiger partial charge in [-0.05, 0) is 51.3 Å². The first-order valence-corrected chi connectivity index (χ1v) is 6.04. The van der Waals surface area contributed by atoms with Gasteiger partial charge in [-0.15, -0.1) is 0 Å². The van der Waals surface area contributed by atoms with Crippen LogP contribution in [0.15, 0.2) is 46.9 Å². The maximum absolute atomic E-state index is 11.0. The molecule has 0 aliphatic heterocycles. The molecule has 0 radical (unpaired) electrons. The first-order valence-electron chi connectivity index (χ1n) is 4.87. The second-order valence-electron chi connectivity index (χ2n) is 3.51. The summed E-state index contributed by atoms with van der Waals surface area (Å²) in [6, 6.07) is 12.5. The molecule has 2 nitrogen and oxygen atoms in total. The third-order valence-electron chi connectivity index (χ3n) is 2.37. The highest BCUT2D eigenvalue weighted by molar-refractivity contribution is 9.10. The van der Waals surface area contributed by atoms with Gasteiger partial charge in [0.15, 0.2) is 0 Å². The molecule has 0 aliphatic rings. The second-order valence-corrected chi connectivity index (χ2v) is 4.80. The van der Waals surface area contributed by atoms with Crippen LogP contribution < -0.4 is 0 Å². The molecule has 0 aromatic heterocycles. The minimum Gasteiger partial charge on any atom is -0.478 e. The number of hydrogen-bond donors (Lipinski definition) is 1. The van der Waals surface area contributed by atoms with Crippen LogP contribution in [0.5, 0.6) is 0 Å². The number of carboxylic acid groups (broad SMARTS) is 1. The molecule has 0 atom stereocenters. The number of hydrogen-bond acceptors (Lipinski definition) is 1. The van der Waals surface area contributed by atoms with E-state index in [1.54, 1.807) is 24.3 Å². The molecule has 0 aliphatic carbocycles. The van der Waals surface area contributed by atoms with Gasteiger partial charge in [0.1, 0.15) is 0 Å². The summed E-state index contributed by atoms with van der Waals surface area (Å²) in [4.78, 5) is 11.0. The standard InChI is InChI=1S/C13H8BrClO2/c14-12-6-3-9(7-11(12)13(16)17)8-1-4-10(15)5-2-8/h1-7H,(H,16,17). The van der Waals surface area contributed by atoms with E-state index in [2.05, 4.69) is 15.9 Å². The molecule has 4 heteroatoms. The van der Waals surface area contributed by atoms with Gasteiger partial charge >= 0.3 is 5.97 Å². The SMILES string of the molecule is O=C(O)c1cc(-c2ccc(Cl)cc2)ccc1Br. The van der Waals surface area contributed by atoms with Gasteiger partial charge in [0.2, 0.25) is 0 Å². The second kappa shape index (κ2) is 4.90. The molecule has 0 fully saturated rings. The maximum Gasteiger partial charge on any atom is 0.336 e. The van der Waals surface area contributed by atoms with E-state index in [-0.39, 0.29) is 5.56 Å². The Labute approximate surface area is 112 Å². The summed E-state index contributed by atoms with van der Waals surface area (Å²) in [5, 5.41) is 9.69. The Balaban J connectivity index is 2.50. The zero-order valence-electron chi connectivity index (χ0n) is 8.65. The van der Waals surface area contributed by atoms with Gasteiger partial charge in [0, 0.05) is 9.50 Å². The fourth-order valence-corrected chi connectivity index (χ4v) is 2.05. The van der Waals surface area contributed by atoms with Crippen LogP contribution in [0, 0.1) is 0 Å². The van der Waals surface area contributed by atoms with Gasteiger partial charge in [-0.3, -0.25) is 0 Å². The maximum atomic E-state index is 11.0. The van der Waals surface area contributed by atoms with Crippen molar-refractivity contribution in [2.24, 2.45) is 0 Å². The molecule has 2 aromatic rings. The third kappa shape index (κ3) is 2.68. The van der Waals surface area contributed by atoms with Crippen LogP contribution >= 0.6 is 27.5 Å². The zero-order chi connectivity index (χ0) is 12.4. The third-order valence-corrected chi connectivity index (χ3v) is 3.32. The summed E-state index contributed by atoms with van der Waals surface area (Å²) in [6.07, 6.45) is 0. The quantitative estimate of drug-likeness (QED) is 0.888. The van der Waals surface area contributed by atoms with Crippen molar-refractivity contribution in [3.05, 3.63) is 57.5 Å². The van der Waals surface area contributed by atoms with Crippen molar-refractivity contribution in [3.63, 3.8) is 0 Å². The van der Waals surface area contributed by atoms with E-state index >= 15 is 0 Å². The van der Waals surface area contributed by atoms with Crippen LogP contribution in [0.2, 0.25) is 5.02 Å². The molecule has 0 heterocycles. The molecule has 2 aromatic carbocycles. The summed E-state index contributed by atoms with van der Waals surface area (Å²) in [6.45, 7) is 0. The van der Waals surface area contributed by atoms with E-state index in [4.69, 9.17) is 16.7 Å². The van der Waals surface area contributed by atoms with Crippen LogP contribution in [0.1, 0.15) is 10.4 Å². The Morgan fingerprint density at radius 2 is 1.65 bits per heavy atom. The molecule has 2 rings (SSSR count). The molecule has 0 spiro atoms. The van der Waals surface area contributed by atoms with Gasteiger partial charge in [-0.2, -0.15) is 0 Å². The van der Waals surface area contributed by atoms with Crippen molar-refractivity contribution in [2.75, 3.05) is 0 Å². The van der Waals surface area contributed by atoms with E-state index in [1.165, 1.54) is 0 Å². The highest BCUT2D eigenvalue weighted by Gasteiger charge is 2.09. The molecule has 17 heavy (non-hydrogen) atoms. The summed E-state index contributed by atoms with van der Waals surface area (Å²) in [7, 11) is 0. The summed E-state index contributed by atoms with van der Waals surface area (Å²) >= 11 is 9.02. The number of rotatable bonds is 2.